The third-order valence-corrected chi connectivity index (χ3v) is 9.63. The first-order valence-electron chi connectivity index (χ1n) is 11.8. The molecule has 0 heteroatoms. The zero-order chi connectivity index (χ0) is 17.5. The Hall–Kier alpha value is -0.260. The van der Waals surface area contributed by atoms with Gasteiger partial charge >= 0.3 is 0 Å². The molecule has 0 amide bonds. The summed E-state index contributed by atoms with van der Waals surface area (Å²) in [6.07, 6.45) is 23.4. The van der Waals surface area contributed by atoms with Gasteiger partial charge in [0.05, 0.1) is 0 Å². The van der Waals surface area contributed by atoms with Gasteiger partial charge in [0.1, 0.15) is 0 Å². The fourth-order valence-corrected chi connectivity index (χ4v) is 8.15. The van der Waals surface area contributed by atoms with Gasteiger partial charge < -0.3 is 0 Å². The summed E-state index contributed by atoms with van der Waals surface area (Å²) in [7, 11) is 0. The number of hydrogen-bond donors (Lipinski definition) is 0. The van der Waals surface area contributed by atoms with E-state index in [9.17, 15) is 0 Å². The Morgan fingerprint density at radius 1 is 0.920 bits per heavy atom. The Bertz CT molecular complexity index is 502. The summed E-state index contributed by atoms with van der Waals surface area (Å²) in [6, 6.07) is 0. The summed E-state index contributed by atoms with van der Waals surface area (Å²) < 4.78 is 0. The van der Waals surface area contributed by atoms with Crippen LogP contribution in [-0.4, -0.2) is 0 Å². The lowest BCUT2D eigenvalue weighted by Crippen LogP contribution is -2.52. The van der Waals surface area contributed by atoms with Gasteiger partial charge in [0.25, 0.3) is 0 Å². The normalized spacial score (nSPS) is 48.0. The second kappa shape index (κ2) is 7.05. The van der Waals surface area contributed by atoms with E-state index in [1.807, 2.05) is 5.57 Å². The molecule has 4 fully saturated rings. The second-order valence-electron chi connectivity index (χ2n) is 10.6. The fourth-order valence-electron chi connectivity index (χ4n) is 8.15. The minimum Gasteiger partial charge on any atom is -0.0848 e. The number of allylic oxidation sites excluding steroid dienone is 2. The van der Waals surface area contributed by atoms with Crippen molar-refractivity contribution < 1.29 is 0 Å². The standard InChI is InChI=1S/C25H42/c1-4-5-6-7-10-20-13-15-22-21-14-12-19-11-8-9-17-24(19,2)23(21)16-18-25(20,22)3/h10,19,21-23H,4-9,11-18H2,1-3H3/b20-10-. The number of fused-ring (bicyclic) bond motifs is 5. The second-order valence-corrected chi connectivity index (χ2v) is 10.6. The van der Waals surface area contributed by atoms with E-state index < -0.39 is 0 Å². The van der Waals surface area contributed by atoms with E-state index in [1.54, 1.807) is 25.7 Å². The maximum absolute atomic E-state index is 2.72. The van der Waals surface area contributed by atoms with Crippen LogP contribution in [0.15, 0.2) is 11.6 Å². The van der Waals surface area contributed by atoms with Crippen molar-refractivity contribution >= 4 is 0 Å². The van der Waals surface area contributed by atoms with E-state index in [-0.39, 0.29) is 0 Å². The average Bonchev–Trinajstić information content (AvgIpc) is 2.95. The summed E-state index contributed by atoms with van der Waals surface area (Å²) in [5.74, 6) is 4.20. The van der Waals surface area contributed by atoms with Gasteiger partial charge in [-0.1, -0.05) is 58.1 Å². The molecule has 0 bridgehead atoms. The molecule has 0 N–H and O–H groups in total. The Kier molecular flexibility index (Phi) is 5.11. The SMILES string of the molecule is CCCCC/C=C1/CCC2C3CCC4CCCCC4(C)C3CCC12C. The van der Waals surface area contributed by atoms with Gasteiger partial charge in [0.2, 0.25) is 0 Å². The number of hydrogen-bond acceptors (Lipinski definition) is 0. The Morgan fingerprint density at radius 3 is 2.64 bits per heavy atom. The maximum atomic E-state index is 2.72. The van der Waals surface area contributed by atoms with Gasteiger partial charge in [-0.25, -0.2) is 0 Å². The maximum Gasteiger partial charge on any atom is -0.00852 e. The molecule has 4 saturated carbocycles. The predicted molar refractivity (Wildman–Crippen MR) is 109 cm³/mol. The first-order valence-corrected chi connectivity index (χ1v) is 11.8. The van der Waals surface area contributed by atoms with E-state index in [4.69, 9.17) is 0 Å². The molecule has 0 spiro atoms. The van der Waals surface area contributed by atoms with Gasteiger partial charge in [-0.3, -0.25) is 0 Å². The molecule has 0 aliphatic heterocycles. The van der Waals surface area contributed by atoms with Crippen molar-refractivity contribution in [3.8, 4) is 0 Å². The third kappa shape index (κ3) is 2.94. The molecular weight excluding hydrogens is 300 g/mol. The number of unbranched alkanes of at least 4 members (excludes halogenated alkanes) is 3. The van der Waals surface area contributed by atoms with Crippen molar-refractivity contribution in [1.82, 2.24) is 0 Å². The van der Waals surface area contributed by atoms with E-state index in [1.165, 1.54) is 64.2 Å². The van der Waals surface area contributed by atoms with Crippen LogP contribution < -0.4 is 0 Å². The van der Waals surface area contributed by atoms with Crippen molar-refractivity contribution in [2.45, 2.75) is 111 Å². The first kappa shape index (κ1) is 18.1. The van der Waals surface area contributed by atoms with Crippen LogP contribution in [0.5, 0.6) is 0 Å². The van der Waals surface area contributed by atoms with E-state index in [2.05, 4.69) is 26.8 Å². The topological polar surface area (TPSA) is 0 Å². The van der Waals surface area contributed by atoms with Crippen LogP contribution in [0.4, 0.5) is 0 Å². The molecule has 4 aliphatic rings. The van der Waals surface area contributed by atoms with Gasteiger partial charge in [-0.2, -0.15) is 0 Å². The van der Waals surface area contributed by atoms with Crippen LogP contribution in [0, 0.1) is 34.5 Å². The van der Waals surface area contributed by atoms with Gasteiger partial charge in [-0.15, -0.1) is 0 Å². The monoisotopic (exact) mass is 342 g/mol. The lowest BCUT2D eigenvalue weighted by Gasteiger charge is -2.60. The van der Waals surface area contributed by atoms with Crippen molar-refractivity contribution in [1.29, 1.82) is 0 Å². The Labute approximate surface area is 157 Å². The first-order chi connectivity index (χ1) is 12.1. The molecule has 6 unspecified atom stereocenters. The van der Waals surface area contributed by atoms with Crippen molar-refractivity contribution in [2.24, 2.45) is 34.5 Å². The molecule has 0 nitrogen and oxygen atoms in total. The van der Waals surface area contributed by atoms with Crippen molar-refractivity contribution in [3.05, 3.63) is 11.6 Å². The summed E-state index contributed by atoms with van der Waals surface area (Å²) in [5, 5.41) is 0. The average molecular weight is 343 g/mol. The molecular formula is C25H42. The molecule has 0 heterocycles. The fraction of sp³-hybridized carbons (Fsp3) is 0.920. The summed E-state index contributed by atoms with van der Waals surface area (Å²) in [6.45, 7) is 7.71. The molecule has 0 aromatic carbocycles. The highest BCUT2D eigenvalue weighted by Crippen LogP contribution is 2.67. The lowest BCUT2D eigenvalue weighted by atomic mass is 9.45. The largest absolute Gasteiger partial charge is 0.0848 e. The predicted octanol–water partition coefficient (Wildman–Crippen LogP) is 7.93. The molecule has 0 aromatic rings. The highest BCUT2D eigenvalue weighted by Gasteiger charge is 2.58. The summed E-state index contributed by atoms with van der Waals surface area (Å²) >= 11 is 0. The van der Waals surface area contributed by atoms with Crippen LogP contribution >= 0.6 is 0 Å². The molecule has 6 atom stereocenters. The van der Waals surface area contributed by atoms with E-state index in [0.29, 0.717) is 10.8 Å². The quantitative estimate of drug-likeness (QED) is 0.359. The molecule has 25 heavy (non-hydrogen) atoms. The molecule has 0 saturated heterocycles. The van der Waals surface area contributed by atoms with Crippen LogP contribution in [0.1, 0.15) is 111 Å². The molecule has 0 radical (unpaired) electrons. The summed E-state index contributed by atoms with van der Waals surface area (Å²) in [5.41, 5.74) is 3.16. The van der Waals surface area contributed by atoms with Gasteiger partial charge in [0, 0.05) is 0 Å². The summed E-state index contributed by atoms with van der Waals surface area (Å²) in [4.78, 5) is 0. The Balaban J connectivity index is 1.51. The van der Waals surface area contributed by atoms with Gasteiger partial charge in [0.15, 0.2) is 0 Å². The zero-order valence-electron chi connectivity index (χ0n) is 17.3. The smallest absolute Gasteiger partial charge is 0.00852 e. The van der Waals surface area contributed by atoms with E-state index in [0.717, 1.165) is 23.7 Å². The van der Waals surface area contributed by atoms with Crippen LogP contribution in [0.2, 0.25) is 0 Å². The molecule has 0 aromatic heterocycles. The highest BCUT2D eigenvalue weighted by molar-refractivity contribution is 5.24. The lowest BCUT2D eigenvalue weighted by molar-refractivity contribution is -0.0973. The van der Waals surface area contributed by atoms with Crippen LogP contribution in [0.3, 0.4) is 0 Å². The van der Waals surface area contributed by atoms with Crippen LogP contribution in [-0.2, 0) is 0 Å². The van der Waals surface area contributed by atoms with Gasteiger partial charge in [-0.05, 0) is 98.7 Å². The zero-order valence-corrected chi connectivity index (χ0v) is 17.3. The molecule has 142 valence electrons. The molecule has 4 rings (SSSR count). The van der Waals surface area contributed by atoms with Crippen molar-refractivity contribution in [3.63, 3.8) is 0 Å². The minimum atomic E-state index is 0.575. The Morgan fingerprint density at radius 2 is 1.80 bits per heavy atom. The highest BCUT2D eigenvalue weighted by atomic mass is 14.6. The number of rotatable bonds is 4. The minimum absolute atomic E-state index is 0.575. The third-order valence-electron chi connectivity index (χ3n) is 9.63. The van der Waals surface area contributed by atoms with E-state index >= 15 is 0 Å². The molecule has 4 aliphatic carbocycles. The van der Waals surface area contributed by atoms with Crippen LogP contribution in [0.25, 0.3) is 0 Å². The van der Waals surface area contributed by atoms with Crippen molar-refractivity contribution in [2.75, 3.05) is 0 Å².